The summed E-state index contributed by atoms with van der Waals surface area (Å²) in [6.45, 7) is 2.83. The highest BCUT2D eigenvalue weighted by Crippen LogP contribution is 2.30. The monoisotopic (exact) mass is 1220 g/mol. The predicted octanol–water partition coefficient (Wildman–Crippen LogP) is 14.9. The fourth-order valence-corrected chi connectivity index (χ4v) is 12.0. The van der Waals surface area contributed by atoms with Crippen LogP contribution >= 0.6 is 0 Å². The number of carbonyl (C=O) groups excluding carboxylic acids is 1. The first kappa shape index (κ1) is 80.3. The molecule has 0 aromatic carbocycles. The largest absolute Gasteiger partial charge is 0.394 e. The van der Waals surface area contributed by atoms with Crippen molar-refractivity contribution < 1.29 is 64.6 Å². The summed E-state index contributed by atoms with van der Waals surface area (Å²) in [7, 11) is 0. The normalized spacial score (nSPS) is 23.6. The van der Waals surface area contributed by atoms with Crippen LogP contribution in [-0.4, -0.2) is 140 Å². The maximum absolute atomic E-state index is 13.3. The highest BCUT2D eigenvalue weighted by atomic mass is 16.7. The Morgan fingerprint density at radius 2 is 0.744 bits per heavy atom. The van der Waals surface area contributed by atoms with Gasteiger partial charge >= 0.3 is 0 Å². The number of allylic oxidation sites excluding steroid dienone is 5. The Labute approximate surface area is 525 Å². The Bertz CT molecular complexity index is 1580. The first-order valence-corrected chi connectivity index (χ1v) is 36.2. The van der Waals surface area contributed by atoms with Crippen LogP contribution in [0.3, 0.4) is 0 Å². The first-order valence-electron chi connectivity index (χ1n) is 36.2. The summed E-state index contributed by atoms with van der Waals surface area (Å²) in [5.41, 5.74) is 0. The molecule has 0 aromatic rings. The summed E-state index contributed by atoms with van der Waals surface area (Å²) < 4.78 is 22.8. The fraction of sp³-hybridized carbons (Fsp3) is 0.903. The molecule has 2 fully saturated rings. The molecule has 0 aromatic heterocycles. The summed E-state index contributed by atoms with van der Waals surface area (Å²) in [5.74, 6) is -0.246. The Morgan fingerprint density at radius 1 is 0.407 bits per heavy atom. The average Bonchev–Trinajstić information content (AvgIpc) is 3.48. The highest BCUT2D eigenvalue weighted by Gasteiger charge is 2.51. The molecule has 86 heavy (non-hydrogen) atoms. The standard InChI is InChI=1S/C72H135NO13/c1-3-5-7-9-11-13-15-17-19-21-23-25-27-29-30-31-32-34-36-38-40-42-44-46-48-50-52-54-56-64(77)73-60(59-83-71-69(82)67(80)70(63(58-75)85-71)86-72-68(81)66(79)65(78)62(57-74)84-72)61(76)55-53-51-49-47-45-43-41-39-37-35-33-28-26-24-22-20-18-16-14-12-10-8-6-4-2/h37,39,45,47,53,55,60-63,65-72,74-76,78-82H,3-36,38,40-44,46,48-52,54,56-59H2,1-2H3,(H,73,77)/b39-37+,47-45+,55-53+. The van der Waals surface area contributed by atoms with Crippen molar-refractivity contribution >= 4 is 5.91 Å². The van der Waals surface area contributed by atoms with E-state index in [9.17, 15) is 45.6 Å². The van der Waals surface area contributed by atoms with E-state index in [-0.39, 0.29) is 18.9 Å². The summed E-state index contributed by atoms with van der Waals surface area (Å²) in [6.07, 6.45) is 56.4. The Morgan fingerprint density at radius 3 is 1.14 bits per heavy atom. The van der Waals surface area contributed by atoms with Crippen LogP contribution in [0.4, 0.5) is 0 Å². The molecule has 1 amide bonds. The first-order chi connectivity index (χ1) is 42.1. The Hall–Kier alpha value is -1.79. The van der Waals surface area contributed by atoms with Crippen LogP contribution in [0.2, 0.25) is 0 Å². The van der Waals surface area contributed by atoms with Gasteiger partial charge in [0.15, 0.2) is 12.6 Å². The van der Waals surface area contributed by atoms with Crippen molar-refractivity contribution in [2.24, 2.45) is 0 Å². The van der Waals surface area contributed by atoms with E-state index in [1.807, 2.05) is 6.08 Å². The van der Waals surface area contributed by atoms with E-state index in [0.717, 1.165) is 44.9 Å². The number of hydrogen-bond acceptors (Lipinski definition) is 13. The second kappa shape index (κ2) is 57.1. The zero-order valence-electron chi connectivity index (χ0n) is 55.1. The van der Waals surface area contributed by atoms with Crippen LogP contribution in [0.5, 0.6) is 0 Å². The number of aliphatic hydroxyl groups excluding tert-OH is 8. The molecule has 506 valence electrons. The molecule has 2 aliphatic rings. The second-order valence-corrected chi connectivity index (χ2v) is 25.7. The minimum atomic E-state index is -1.79. The van der Waals surface area contributed by atoms with E-state index in [1.165, 1.54) is 244 Å². The molecule has 14 nitrogen and oxygen atoms in total. The Kier molecular flexibility index (Phi) is 53.4. The van der Waals surface area contributed by atoms with Gasteiger partial charge in [-0.2, -0.15) is 0 Å². The van der Waals surface area contributed by atoms with Gasteiger partial charge in [0.25, 0.3) is 0 Å². The van der Waals surface area contributed by atoms with Crippen LogP contribution in [0, 0.1) is 0 Å². The third-order valence-electron chi connectivity index (χ3n) is 17.8. The van der Waals surface area contributed by atoms with Crippen molar-refractivity contribution in [3.05, 3.63) is 36.5 Å². The number of rotatable bonds is 60. The topological polar surface area (TPSA) is 228 Å². The number of ether oxygens (including phenoxy) is 4. The van der Waals surface area contributed by atoms with Gasteiger partial charge in [0.1, 0.15) is 48.8 Å². The Balaban J connectivity index is 1.68. The van der Waals surface area contributed by atoms with E-state index in [2.05, 4.69) is 43.5 Å². The quantitative estimate of drug-likeness (QED) is 0.0204. The van der Waals surface area contributed by atoms with Crippen LogP contribution in [-0.2, 0) is 23.7 Å². The van der Waals surface area contributed by atoms with Gasteiger partial charge in [-0.3, -0.25) is 4.79 Å². The predicted molar refractivity (Wildman–Crippen MR) is 351 cm³/mol. The molecule has 0 aliphatic carbocycles. The van der Waals surface area contributed by atoms with Crippen molar-refractivity contribution in [2.45, 2.75) is 396 Å². The van der Waals surface area contributed by atoms with Crippen molar-refractivity contribution in [3.63, 3.8) is 0 Å². The van der Waals surface area contributed by atoms with Gasteiger partial charge in [-0.05, 0) is 44.9 Å². The van der Waals surface area contributed by atoms with Crippen LogP contribution in [0.25, 0.3) is 0 Å². The maximum Gasteiger partial charge on any atom is 0.220 e. The molecular formula is C72H135NO13. The number of carbonyl (C=O) groups is 1. The van der Waals surface area contributed by atoms with Crippen LogP contribution < -0.4 is 5.32 Å². The van der Waals surface area contributed by atoms with Crippen LogP contribution in [0.1, 0.15) is 322 Å². The number of aliphatic hydroxyl groups is 8. The van der Waals surface area contributed by atoms with E-state index in [1.54, 1.807) is 6.08 Å². The SMILES string of the molecule is CCCCCCCCCCCCCCCC/C=C/CC/C=C/CC/C=C/C(O)C(COC1OC(CO)C(OC2OC(CO)C(O)C(O)C2O)C(O)C1O)NC(=O)CCCCCCCCCCCCCCCCCCCCCCCCCCCCCC. The molecule has 2 saturated heterocycles. The van der Waals surface area contributed by atoms with Gasteiger partial charge in [0.2, 0.25) is 5.91 Å². The zero-order valence-corrected chi connectivity index (χ0v) is 55.1. The molecule has 0 spiro atoms. The molecule has 14 heteroatoms. The second-order valence-electron chi connectivity index (χ2n) is 25.7. The summed E-state index contributed by atoms with van der Waals surface area (Å²) in [6, 6.07) is -0.937. The smallest absolute Gasteiger partial charge is 0.220 e. The average molecular weight is 1220 g/mol. The molecule has 12 unspecified atom stereocenters. The fourth-order valence-electron chi connectivity index (χ4n) is 12.0. The lowest BCUT2D eigenvalue weighted by atomic mass is 9.97. The molecule has 2 rings (SSSR count). The molecule has 2 heterocycles. The number of hydrogen-bond donors (Lipinski definition) is 9. The highest BCUT2D eigenvalue weighted by molar-refractivity contribution is 5.76. The van der Waals surface area contributed by atoms with Crippen molar-refractivity contribution in [2.75, 3.05) is 19.8 Å². The molecule has 12 atom stereocenters. The van der Waals surface area contributed by atoms with Gasteiger partial charge in [0.05, 0.1) is 32.0 Å². The van der Waals surface area contributed by atoms with Crippen molar-refractivity contribution in [1.29, 1.82) is 0 Å². The zero-order chi connectivity index (χ0) is 62.3. The summed E-state index contributed by atoms with van der Waals surface area (Å²) in [4.78, 5) is 13.3. The van der Waals surface area contributed by atoms with E-state index >= 15 is 0 Å². The number of unbranched alkanes of at least 4 members (excludes halogenated alkanes) is 43. The lowest BCUT2D eigenvalue weighted by Crippen LogP contribution is -2.65. The van der Waals surface area contributed by atoms with E-state index in [0.29, 0.717) is 12.8 Å². The van der Waals surface area contributed by atoms with E-state index in [4.69, 9.17) is 18.9 Å². The van der Waals surface area contributed by atoms with Crippen molar-refractivity contribution in [1.82, 2.24) is 5.32 Å². The van der Waals surface area contributed by atoms with Gasteiger partial charge in [-0.1, -0.05) is 307 Å². The number of amides is 1. The van der Waals surface area contributed by atoms with Crippen molar-refractivity contribution in [3.8, 4) is 0 Å². The van der Waals surface area contributed by atoms with Gasteiger partial charge < -0.3 is 65.1 Å². The molecule has 2 aliphatic heterocycles. The molecule has 9 N–H and O–H groups in total. The van der Waals surface area contributed by atoms with Crippen LogP contribution in [0.15, 0.2) is 36.5 Å². The summed E-state index contributed by atoms with van der Waals surface area (Å²) in [5, 5.41) is 87.4. The van der Waals surface area contributed by atoms with Gasteiger partial charge in [-0.15, -0.1) is 0 Å². The lowest BCUT2D eigenvalue weighted by molar-refractivity contribution is -0.359. The third kappa shape index (κ3) is 40.8. The number of nitrogens with one attached hydrogen (secondary N) is 1. The maximum atomic E-state index is 13.3. The van der Waals surface area contributed by atoms with E-state index < -0.39 is 86.8 Å². The lowest BCUT2D eigenvalue weighted by Gasteiger charge is -2.46. The third-order valence-corrected chi connectivity index (χ3v) is 17.8. The molecule has 0 bridgehead atoms. The molecule has 0 radical (unpaired) electrons. The molecular weight excluding hydrogens is 1090 g/mol. The van der Waals surface area contributed by atoms with Gasteiger partial charge in [-0.25, -0.2) is 0 Å². The van der Waals surface area contributed by atoms with Gasteiger partial charge in [0, 0.05) is 6.42 Å². The minimum absolute atomic E-state index is 0.246. The minimum Gasteiger partial charge on any atom is -0.394 e. The molecule has 0 saturated carbocycles. The summed E-state index contributed by atoms with van der Waals surface area (Å²) >= 11 is 0.